The summed E-state index contributed by atoms with van der Waals surface area (Å²) in [6, 6.07) is 36.9. The summed E-state index contributed by atoms with van der Waals surface area (Å²) in [5.41, 5.74) is 5.99. The Morgan fingerprint density at radius 3 is 2.14 bits per heavy atom. The highest BCUT2D eigenvalue weighted by Crippen LogP contribution is 2.45. The number of fused-ring (bicyclic) bond motifs is 1. The second-order valence-electron chi connectivity index (χ2n) is 7.87. The van der Waals surface area contributed by atoms with Gasteiger partial charge in [-0.05, 0) is 58.1 Å². The topological polar surface area (TPSA) is 56.5 Å². The molecule has 0 aliphatic heterocycles. The van der Waals surface area contributed by atoms with Crippen molar-refractivity contribution in [3.63, 3.8) is 0 Å². The third-order valence-corrected chi connectivity index (χ3v) is 7.23. The van der Waals surface area contributed by atoms with Gasteiger partial charge in [-0.1, -0.05) is 94.8 Å². The Morgan fingerprint density at radius 1 is 0.686 bits per heavy atom. The van der Waals surface area contributed by atoms with Crippen molar-refractivity contribution in [2.24, 2.45) is 0 Å². The molecular weight excluding hydrogens is 518 g/mol. The lowest BCUT2D eigenvalue weighted by molar-refractivity contribution is 0.756. The van der Waals surface area contributed by atoms with Gasteiger partial charge in [0.1, 0.15) is 0 Å². The molecule has 0 bridgehead atoms. The summed E-state index contributed by atoms with van der Waals surface area (Å²) >= 11 is 5.09. The molecule has 0 amide bonds. The van der Waals surface area contributed by atoms with Crippen molar-refractivity contribution in [1.29, 1.82) is 0 Å². The van der Waals surface area contributed by atoms with Crippen molar-refractivity contribution in [1.82, 2.24) is 25.2 Å². The lowest BCUT2D eigenvalue weighted by atomic mass is 9.98. The first-order valence-electron chi connectivity index (χ1n) is 11.0. The minimum Gasteiger partial charge on any atom is -0.247 e. The quantitative estimate of drug-likeness (QED) is 0.229. The van der Waals surface area contributed by atoms with Crippen molar-refractivity contribution in [2.45, 2.75) is 10.1 Å². The summed E-state index contributed by atoms with van der Waals surface area (Å²) in [5, 5.41) is 14.4. The third kappa shape index (κ3) is 4.24. The minimum absolute atomic E-state index is 0.670. The van der Waals surface area contributed by atoms with Crippen LogP contribution in [0.15, 0.2) is 124 Å². The lowest BCUT2D eigenvalue weighted by Crippen LogP contribution is -2.00. The molecule has 0 saturated carbocycles. The zero-order chi connectivity index (χ0) is 23.6. The van der Waals surface area contributed by atoms with Gasteiger partial charge in [0.15, 0.2) is 0 Å². The third-order valence-electron chi connectivity index (χ3n) is 5.66. The fourth-order valence-corrected chi connectivity index (χ4v) is 5.40. The number of aromatic nitrogens is 5. The molecule has 2 heterocycles. The molecule has 5 nitrogen and oxygen atoms in total. The Kier molecular flexibility index (Phi) is 5.86. The number of hydrogen-bond donors (Lipinski definition) is 0. The van der Waals surface area contributed by atoms with Crippen molar-refractivity contribution < 1.29 is 0 Å². The van der Waals surface area contributed by atoms with Gasteiger partial charge in [0.25, 0.3) is 0 Å². The van der Waals surface area contributed by atoms with Crippen LogP contribution in [0, 0.1) is 0 Å². The van der Waals surface area contributed by atoms with Crippen LogP contribution in [-0.2, 0) is 0 Å². The molecule has 0 saturated heterocycles. The summed E-state index contributed by atoms with van der Waals surface area (Å²) in [6.45, 7) is 0. The van der Waals surface area contributed by atoms with Crippen LogP contribution in [0.1, 0.15) is 0 Å². The van der Waals surface area contributed by atoms with E-state index in [9.17, 15) is 0 Å². The molecule has 2 aromatic heterocycles. The van der Waals surface area contributed by atoms with E-state index in [4.69, 9.17) is 4.98 Å². The SMILES string of the molecule is Brc1ccc(-c2nc3ccccc3c(-c3ccccc3)c2Sc2nnnn2-c2ccccc2)cc1. The molecule has 6 aromatic rings. The van der Waals surface area contributed by atoms with E-state index < -0.39 is 0 Å². The van der Waals surface area contributed by atoms with E-state index in [0.717, 1.165) is 48.3 Å². The summed E-state index contributed by atoms with van der Waals surface area (Å²) in [4.78, 5) is 6.13. The van der Waals surface area contributed by atoms with Crippen LogP contribution in [0.25, 0.3) is 39.0 Å². The molecule has 0 atom stereocenters. The van der Waals surface area contributed by atoms with Gasteiger partial charge in [-0.2, -0.15) is 4.68 Å². The van der Waals surface area contributed by atoms with Gasteiger partial charge in [-0.15, -0.1) is 5.10 Å². The molecule has 0 fully saturated rings. The van der Waals surface area contributed by atoms with Crippen LogP contribution in [0.5, 0.6) is 0 Å². The highest BCUT2D eigenvalue weighted by Gasteiger charge is 2.22. The van der Waals surface area contributed by atoms with Crippen LogP contribution in [0.2, 0.25) is 0 Å². The summed E-state index contributed by atoms with van der Waals surface area (Å²) in [6.07, 6.45) is 0. The van der Waals surface area contributed by atoms with Gasteiger partial charge in [0.05, 0.1) is 21.8 Å². The van der Waals surface area contributed by atoms with Crippen molar-refractivity contribution in [3.05, 3.63) is 114 Å². The number of para-hydroxylation sites is 2. The lowest BCUT2D eigenvalue weighted by Gasteiger charge is -2.17. The maximum absolute atomic E-state index is 5.13. The number of hydrogen-bond acceptors (Lipinski definition) is 5. The number of rotatable bonds is 5. The van der Waals surface area contributed by atoms with Gasteiger partial charge in [0.2, 0.25) is 5.16 Å². The van der Waals surface area contributed by atoms with Crippen LogP contribution in [0.3, 0.4) is 0 Å². The van der Waals surface area contributed by atoms with Gasteiger partial charge >= 0.3 is 0 Å². The van der Waals surface area contributed by atoms with Crippen LogP contribution in [0.4, 0.5) is 0 Å². The Balaban J connectivity index is 1.64. The van der Waals surface area contributed by atoms with E-state index in [1.165, 1.54) is 11.8 Å². The maximum atomic E-state index is 5.13. The first-order valence-corrected chi connectivity index (χ1v) is 12.6. The second-order valence-corrected chi connectivity index (χ2v) is 9.76. The van der Waals surface area contributed by atoms with E-state index in [1.54, 1.807) is 4.68 Å². The molecule has 7 heteroatoms. The van der Waals surface area contributed by atoms with Crippen molar-refractivity contribution in [2.75, 3.05) is 0 Å². The Bertz CT molecular complexity index is 1620. The molecule has 0 spiro atoms. The van der Waals surface area contributed by atoms with E-state index >= 15 is 0 Å². The van der Waals surface area contributed by atoms with E-state index in [-0.39, 0.29) is 0 Å². The predicted molar refractivity (Wildman–Crippen MR) is 144 cm³/mol. The molecule has 0 aliphatic carbocycles. The Labute approximate surface area is 215 Å². The second kappa shape index (κ2) is 9.44. The smallest absolute Gasteiger partial charge is 0.219 e. The van der Waals surface area contributed by atoms with Gasteiger partial charge in [-0.25, -0.2) is 4.98 Å². The van der Waals surface area contributed by atoms with Gasteiger partial charge in [-0.3, -0.25) is 0 Å². The molecule has 0 aliphatic rings. The Hall–Kier alpha value is -3.81. The Morgan fingerprint density at radius 2 is 1.37 bits per heavy atom. The van der Waals surface area contributed by atoms with Crippen molar-refractivity contribution in [3.8, 4) is 28.1 Å². The fourth-order valence-electron chi connectivity index (χ4n) is 4.05. The van der Waals surface area contributed by atoms with Crippen molar-refractivity contribution >= 4 is 38.6 Å². The van der Waals surface area contributed by atoms with Crippen LogP contribution in [-0.4, -0.2) is 25.2 Å². The average molecular weight is 536 g/mol. The fraction of sp³-hybridized carbons (Fsp3) is 0. The van der Waals surface area contributed by atoms with E-state index in [2.05, 4.69) is 86.1 Å². The number of benzene rings is 4. The standard InChI is InChI=1S/C28H18BrN5S/c29-21-17-15-20(16-18-21)26-27(35-28-31-32-33-34(28)22-11-5-2-6-12-22)25(19-9-3-1-4-10-19)23-13-7-8-14-24(23)30-26/h1-18H. The largest absolute Gasteiger partial charge is 0.247 e. The molecule has 4 aromatic carbocycles. The molecule has 0 unspecified atom stereocenters. The number of pyridine rings is 1. The summed E-state index contributed by atoms with van der Waals surface area (Å²) in [7, 11) is 0. The predicted octanol–water partition coefficient (Wildman–Crippen LogP) is 7.46. The highest BCUT2D eigenvalue weighted by molar-refractivity contribution is 9.10. The van der Waals surface area contributed by atoms with Gasteiger partial charge in [0, 0.05) is 21.0 Å². The highest BCUT2D eigenvalue weighted by atomic mass is 79.9. The molecule has 6 rings (SSSR count). The zero-order valence-corrected chi connectivity index (χ0v) is 20.8. The van der Waals surface area contributed by atoms with Crippen LogP contribution < -0.4 is 0 Å². The molecular formula is C28H18BrN5S. The summed E-state index contributed by atoms with van der Waals surface area (Å²) < 4.78 is 2.78. The molecule has 168 valence electrons. The normalized spacial score (nSPS) is 11.1. The van der Waals surface area contributed by atoms with E-state index in [1.807, 2.05) is 54.6 Å². The summed E-state index contributed by atoms with van der Waals surface area (Å²) in [5.74, 6) is 0. The van der Waals surface area contributed by atoms with E-state index in [0.29, 0.717) is 5.16 Å². The zero-order valence-electron chi connectivity index (χ0n) is 18.4. The van der Waals surface area contributed by atoms with Gasteiger partial charge < -0.3 is 0 Å². The van der Waals surface area contributed by atoms with Crippen LogP contribution >= 0.6 is 27.7 Å². The number of tetrazole rings is 1. The molecule has 35 heavy (non-hydrogen) atoms. The monoisotopic (exact) mass is 535 g/mol. The number of nitrogens with zero attached hydrogens (tertiary/aromatic N) is 5. The maximum Gasteiger partial charge on any atom is 0.219 e. The average Bonchev–Trinajstić information content (AvgIpc) is 3.38. The molecule has 0 N–H and O–H groups in total. The minimum atomic E-state index is 0.670. The first kappa shape index (κ1) is 21.7. The number of halogens is 1. The molecule has 0 radical (unpaired) electrons. The first-order chi connectivity index (χ1) is 17.3.